The van der Waals surface area contributed by atoms with Gasteiger partial charge in [0.15, 0.2) is 0 Å². The lowest BCUT2D eigenvalue weighted by molar-refractivity contribution is 0.0945. The fraction of sp³-hybridized carbons (Fsp3) is 0.579. The van der Waals surface area contributed by atoms with Gasteiger partial charge >= 0.3 is 5.69 Å². The number of fused-ring (bicyclic) bond motifs is 1. The summed E-state index contributed by atoms with van der Waals surface area (Å²) in [6, 6.07) is 5.83. The first-order chi connectivity index (χ1) is 12.2. The molecule has 0 spiro atoms. The Balaban J connectivity index is 1.50. The van der Waals surface area contributed by atoms with E-state index < -0.39 is 0 Å². The molecule has 1 aromatic heterocycles. The van der Waals surface area contributed by atoms with E-state index in [9.17, 15) is 9.59 Å². The van der Waals surface area contributed by atoms with Gasteiger partial charge in [0.2, 0.25) is 0 Å². The van der Waals surface area contributed by atoms with Gasteiger partial charge in [0.25, 0.3) is 5.91 Å². The van der Waals surface area contributed by atoms with E-state index in [1.54, 1.807) is 6.07 Å². The molecule has 3 N–H and O–H groups in total. The number of aromatic amines is 1. The molecular weight excluding hydrogens is 316 g/mol. The highest BCUT2D eigenvalue weighted by Crippen LogP contribution is 2.30. The number of aromatic nitrogens is 2. The molecule has 1 atom stereocenters. The van der Waals surface area contributed by atoms with Gasteiger partial charge in [-0.3, -0.25) is 9.36 Å². The smallest absolute Gasteiger partial charge is 0.326 e. The number of nitrogens with zero attached hydrogens (tertiary/aromatic N) is 1. The van der Waals surface area contributed by atoms with Crippen LogP contribution in [0, 0.1) is 5.92 Å². The fourth-order valence-electron chi connectivity index (χ4n) is 4.23. The maximum absolute atomic E-state index is 12.4. The molecule has 1 aromatic carbocycles. The Morgan fingerprint density at radius 1 is 1.20 bits per heavy atom. The van der Waals surface area contributed by atoms with Crippen LogP contribution in [0.3, 0.4) is 0 Å². The largest absolute Gasteiger partial charge is 0.352 e. The molecule has 2 heterocycles. The molecule has 0 radical (unpaired) electrons. The molecule has 1 amide bonds. The van der Waals surface area contributed by atoms with Gasteiger partial charge in [0.1, 0.15) is 0 Å². The summed E-state index contributed by atoms with van der Waals surface area (Å²) in [5.41, 5.74) is 2.21. The average molecular weight is 342 g/mol. The van der Waals surface area contributed by atoms with Crippen molar-refractivity contribution in [2.75, 3.05) is 19.6 Å². The summed E-state index contributed by atoms with van der Waals surface area (Å²) in [6.07, 6.45) is 6.81. The second-order valence-electron chi connectivity index (χ2n) is 7.39. The predicted octanol–water partition coefficient (Wildman–Crippen LogP) is 2.17. The quantitative estimate of drug-likeness (QED) is 0.797. The molecule has 6 heteroatoms. The first-order valence-electron chi connectivity index (χ1n) is 9.45. The second-order valence-corrected chi connectivity index (χ2v) is 7.39. The highest BCUT2D eigenvalue weighted by Gasteiger charge is 2.21. The summed E-state index contributed by atoms with van der Waals surface area (Å²) >= 11 is 0. The summed E-state index contributed by atoms with van der Waals surface area (Å²) in [5.74, 6) is 0.437. The van der Waals surface area contributed by atoms with Crippen molar-refractivity contribution in [3.8, 4) is 0 Å². The maximum Gasteiger partial charge on any atom is 0.326 e. The van der Waals surface area contributed by atoms with Crippen LogP contribution in [0.2, 0.25) is 0 Å². The molecule has 1 saturated carbocycles. The summed E-state index contributed by atoms with van der Waals surface area (Å²) in [7, 11) is 0. The standard InChI is InChI=1S/C19H26N4O2/c24-18(21-12-13-4-3-9-20-11-13)14-7-8-17-16(10-14)22-19(25)23(17)15-5-1-2-6-15/h7-8,10,13,15,20H,1-6,9,11-12H2,(H,21,24)(H,22,25). The van der Waals surface area contributed by atoms with Crippen LogP contribution in [0.4, 0.5) is 0 Å². The second kappa shape index (κ2) is 7.04. The number of hydrogen-bond acceptors (Lipinski definition) is 3. The van der Waals surface area contributed by atoms with Crippen molar-refractivity contribution in [3.63, 3.8) is 0 Å². The van der Waals surface area contributed by atoms with Crippen LogP contribution >= 0.6 is 0 Å². The Kier molecular flexibility index (Phi) is 4.61. The fourth-order valence-corrected chi connectivity index (χ4v) is 4.23. The Bertz CT molecular complexity index is 810. The van der Waals surface area contributed by atoms with Gasteiger partial charge in [-0.05, 0) is 62.9 Å². The molecule has 2 aliphatic rings. The van der Waals surface area contributed by atoms with Gasteiger partial charge in [-0.25, -0.2) is 4.79 Å². The topological polar surface area (TPSA) is 78.9 Å². The molecule has 134 valence electrons. The number of rotatable bonds is 4. The van der Waals surface area contributed by atoms with Crippen LogP contribution in [0.1, 0.15) is 54.9 Å². The number of nitrogens with one attached hydrogen (secondary N) is 3. The summed E-state index contributed by atoms with van der Waals surface area (Å²) in [5, 5.41) is 6.40. The van der Waals surface area contributed by atoms with Crippen LogP contribution in [0.5, 0.6) is 0 Å². The van der Waals surface area contributed by atoms with Crippen LogP contribution in [-0.2, 0) is 0 Å². The zero-order chi connectivity index (χ0) is 17.2. The lowest BCUT2D eigenvalue weighted by atomic mass is 9.99. The van der Waals surface area contributed by atoms with Crippen molar-refractivity contribution >= 4 is 16.9 Å². The number of carbonyl (C=O) groups excluding carboxylic acids is 1. The number of amides is 1. The number of benzene rings is 1. The lowest BCUT2D eigenvalue weighted by Crippen LogP contribution is -2.38. The van der Waals surface area contributed by atoms with Crippen molar-refractivity contribution in [1.29, 1.82) is 0 Å². The van der Waals surface area contributed by atoms with Crippen molar-refractivity contribution in [3.05, 3.63) is 34.2 Å². The average Bonchev–Trinajstić information content (AvgIpc) is 3.26. The highest BCUT2D eigenvalue weighted by molar-refractivity contribution is 5.97. The predicted molar refractivity (Wildman–Crippen MR) is 98.0 cm³/mol. The van der Waals surface area contributed by atoms with Crippen molar-refractivity contribution in [2.24, 2.45) is 5.92 Å². The molecule has 0 bridgehead atoms. The Hall–Kier alpha value is -2.08. The van der Waals surface area contributed by atoms with Crippen LogP contribution in [0.15, 0.2) is 23.0 Å². The molecule has 4 rings (SSSR count). The Morgan fingerprint density at radius 3 is 2.80 bits per heavy atom. The van der Waals surface area contributed by atoms with Crippen molar-refractivity contribution in [1.82, 2.24) is 20.2 Å². The molecule has 2 aromatic rings. The van der Waals surface area contributed by atoms with E-state index in [1.165, 1.54) is 19.3 Å². The molecule has 25 heavy (non-hydrogen) atoms. The van der Waals surface area contributed by atoms with Gasteiger partial charge in [-0.15, -0.1) is 0 Å². The number of hydrogen-bond donors (Lipinski definition) is 3. The minimum Gasteiger partial charge on any atom is -0.352 e. The minimum atomic E-state index is -0.0676. The van der Waals surface area contributed by atoms with E-state index in [-0.39, 0.29) is 11.6 Å². The number of H-pyrrole nitrogens is 1. The van der Waals surface area contributed by atoms with Crippen LogP contribution in [-0.4, -0.2) is 35.1 Å². The third kappa shape index (κ3) is 3.35. The van der Waals surface area contributed by atoms with Crippen LogP contribution < -0.4 is 16.3 Å². The number of carbonyl (C=O) groups is 1. The van der Waals surface area contributed by atoms with E-state index in [0.29, 0.717) is 24.1 Å². The van der Waals surface area contributed by atoms with Gasteiger partial charge < -0.3 is 15.6 Å². The van der Waals surface area contributed by atoms with E-state index in [2.05, 4.69) is 15.6 Å². The molecular formula is C19H26N4O2. The Labute approximate surface area is 147 Å². The first-order valence-corrected chi connectivity index (χ1v) is 9.45. The van der Waals surface area contributed by atoms with E-state index in [0.717, 1.165) is 43.4 Å². The van der Waals surface area contributed by atoms with Crippen molar-refractivity contribution in [2.45, 2.75) is 44.6 Å². The van der Waals surface area contributed by atoms with E-state index in [4.69, 9.17) is 0 Å². The third-order valence-corrected chi connectivity index (χ3v) is 5.62. The number of imidazole rings is 1. The molecule has 1 unspecified atom stereocenters. The zero-order valence-electron chi connectivity index (χ0n) is 14.5. The maximum atomic E-state index is 12.4. The van der Waals surface area contributed by atoms with Gasteiger partial charge in [-0.2, -0.15) is 0 Å². The van der Waals surface area contributed by atoms with Gasteiger partial charge in [0.05, 0.1) is 11.0 Å². The molecule has 1 aliphatic heterocycles. The lowest BCUT2D eigenvalue weighted by Gasteiger charge is -2.22. The first kappa shape index (κ1) is 16.4. The minimum absolute atomic E-state index is 0.0623. The molecule has 1 aliphatic carbocycles. The van der Waals surface area contributed by atoms with Crippen LogP contribution in [0.25, 0.3) is 11.0 Å². The summed E-state index contributed by atoms with van der Waals surface area (Å²) in [6.45, 7) is 2.74. The van der Waals surface area contributed by atoms with E-state index in [1.807, 2.05) is 16.7 Å². The van der Waals surface area contributed by atoms with Gasteiger partial charge in [-0.1, -0.05) is 12.8 Å². The number of piperidine rings is 1. The third-order valence-electron chi connectivity index (χ3n) is 5.62. The normalized spacial score (nSPS) is 21.7. The summed E-state index contributed by atoms with van der Waals surface area (Å²) < 4.78 is 1.87. The SMILES string of the molecule is O=C(NCC1CCCNC1)c1ccc2c(c1)[nH]c(=O)n2C1CCCC1. The Morgan fingerprint density at radius 2 is 2.04 bits per heavy atom. The summed E-state index contributed by atoms with van der Waals surface area (Å²) in [4.78, 5) is 27.7. The molecule has 6 nitrogen and oxygen atoms in total. The van der Waals surface area contributed by atoms with E-state index >= 15 is 0 Å². The monoisotopic (exact) mass is 342 g/mol. The highest BCUT2D eigenvalue weighted by atomic mass is 16.2. The molecule has 2 fully saturated rings. The van der Waals surface area contributed by atoms with Gasteiger partial charge in [0, 0.05) is 18.2 Å². The zero-order valence-corrected chi connectivity index (χ0v) is 14.5. The molecule has 1 saturated heterocycles. The van der Waals surface area contributed by atoms with Crippen molar-refractivity contribution < 1.29 is 4.79 Å².